The summed E-state index contributed by atoms with van der Waals surface area (Å²) in [4.78, 5) is 6.71. The third-order valence-electron chi connectivity index (χ3n) is 4.26. The molecule has 0 aliphatic heterocycles. The highest BCUT2D eigenvalue weighted by molar-refractivity contribution is 7.09. The number of nitrogens with zero attached hydrogens (tertiary/aromatic N) is 2. The standard InChI is InChI=1S/C14H24N2OS/c1-11-10-18-13(15-11)9-12(17)14(16(2)3)7-5-4-6-8-14/h10,12,17H,4-9H2,1-3H3. The van der Waals surface area contributed by atoms with Crippen molar-refractivity contribution >= 4 is 11.3 Å². The summed E-state index contributed by atoms with van der Waals surface area (Å²) >= 11 is 1.66. The summed E-state index contributed by atoms with van der Waals surface area (Å²) in [6.45, 7) is 2.01. The predicted octanol–water partition coefficient (Wildman–Crippen LogP) is 2.62. The molecule has 1 N–H and O–H groups in total. The highest BCUT2D eigenvalue weighted by atomic mass is 32.1. The minimum absolute atomic E-state index is 0.0438. The van der Waals surface area contributed by atoms with E-state index in [2.05, 4.69) is 29.4 Å². The number of likely N-dealkylation sites (N-methyl/N-ethyl adjacent to an activating group) is 1. The second-order valence-corrected chi connectivity index (χ2v) is 6.60. The van der Waals surface area contributed by atoms with Gasteiger partial charge < -0.3 is 10.0 Å². The fourth-order valence-electron chi connectivity index (χ4n) is 3.09. The van der Waals surface area contributed by atoms with E-state index < -0.39 is 0 Å². The molecule has 1 aromatic rings. The normalized spacial score (nSPS) is 21.2. The number of hydrogen-bond acceptors (Lipinski definition) is 4. The van der Waals surface area contributed by atoms with Crippen LogP contribution in [0.4, 0.5) is 0 Å². The van der Waals surface area contributed by atoms with E-state index in [9.17, 15) is 5.11 Å². The lowest BCUT2D eigenvalue weighted by molar-refractivity contribution is -0.0310. The molecular formula is C14H24N2OS. The molecule has 102 valence electrons. The molecule has 0 saturated heterocycles. The van der Waals surface area contributed by atoms with Gasteiger partial charge in [-0.1, -0.05) is 19.3 Å². The summed E-state index contributed by atoms with van der Waals surface area (Å²) in [6, 6.07) is 0. The Bertz CT molecular complexity index is 383. The van der Waals surface area contributed by atoms with E-state index in [1.807, 2.05) is 6.92 Å². The van der Waals surface area contributed by atoms with Gasteiger partial charge in [-0.3, -0.25) is 0 Å². The maximum absolute atomic E-state index is 10.7. The molecule has 18 heavy (non-hydrogen) atoms. The highest BCUT2D eigenvalue weighted by Gasteiger charge is 2.41. The number of aromatic nitrogens is 1. The molecule has 0 bridgehead atoms. The Morgan fingerprint density at radius 1 is 1.39 bits per heavy atom. The van der Waals surface area contributed by atoms with Gasteiger partial charge in [-0.15, -0.1) is 11.3 Å². The zero-order valence-corrected chi connectivity index (χ0v) is 12.5. The third-order valence-corrected chi connectivity index (χ3v) is 5.25. The Morgan fingerprint density at radius 2 is 2.06 bits per heavy atom. The van der Waals surface area contributed by atoms with Crippen molar-refractivity contribution in [2.45, 2.75) is 57.1 Å². The fraction of sp³-hybridized carbons (Fsp3) is 0.786. The SMILES string of the molecule is Cc1csc(CC(O)C2(N(C)C)CCCCC2)n1. The highest BCUT2D eigenvalue weighted by Crippen LogP contribution is 2.36. The average molecular weight is 268 g/mol. The molecule has 1 fully saturated rings. The smallest absolute Gasteiger partial charge is 0.0954 e. The molecule has 1 unspecified atom stereocenters. The van der Waals surface area contributed by atoms with Gasteiger partial charge in [-0.25, -0.2) is 4.98 Å². The molecule has 0 aromatic carbocycles. The van der Waals surface area contributed by atoms with Gasteiger partial charge in [0, 0.05) is 23.0 Å². The van der Waals surface area contributed by atoms with Crippen LogP contribution in [-0.2, 0) is 6.42 Å². The molecule has 1 aliphatic rings. The number of aliphatic hydroxyl groups excluding tert-OH is 1. The Kier molecular flexibility index (Phi) is 4.41. The Balaban J connectivity index is 2.10. The van der Waals surface area contributed by atoms with E-state index >= 15 is 0 Å². The molecule has 1 heterocycles. The molecule has 1 aliphatic carbocycles. The molecule has 0 radical (unpaired) electrons. The Hall–Kier alpha value is -0.450. The largest absolute Gasteiger partial charge is 0.391 e. The van der Waals surface area contributed by atoms with Crippen LogP contribution in [0.3, 0.4) is 0 Å². The molecule has 0 spiro atoms. The van der Waals surface area contributed by atoms with Crippen molar-refractivity contribution in [3.63, 3.8) is 0 Å². The maximum atomic E-state index is 10.7. The van der Waals surface area contributed by atoms with Crippen LogP contribution in [0.15, 0.2) is 5.38 Å². The summed E-state index contributed by atoms with van der Waals surface area (Å²) in [5.74, 6) is 0. The molecule has 0 amide bonds. The molecule has 3 nitrogen and oxygen atoms in total. The summed E-state index contributed by atoms with van der Waals surface area (Å²) in [5.41, 5.74) is 1.02. The van der Waals surface area contributed by atoms with E-state index in [0.29, 0.717) is 6.42 Å². The van der Waals surface area contributed by atoms with Gasteiger partial charge in [-0.2, -0.15) is 0 Å². The van der Waals surface area contributed by atoms with Crippen molar-refractivity contribution in [1.29, 1.82) is 0 Å². The zero-order chi connectivity index (χ0) is 13.2. The van der Waals surface area contributed by atoms with Crippen LogP contribution in [0.1, 0.15) is 42.8 Å². The lowest BCUT2D eigenvalue weighted by Gasteiger charge is -2.46. The molecule has 1 atom stereocenters. The predicted molar refractivity (Wildman–Crippen MR) is 76.1 cm³/mol. The number of aliphatic hydroxyl groups is 1. The topological polar surface area (TPSA) is 36.4 Å². The molecule has 1 aromatic heterocycles. The van der Waals surface area contributed by atoms with Crippen LogP contribution in [0, 0.1) is 6.92 Å². The van der Waals surface area contributed by atoms with Gasteiger partial charge in [0.15, 0.2) is 0 Å². The first-order chi connectivity index (χ1) is 8.54. The first-order valence-electron chi connectivity index (χ1n) is 6.81. The van der Waals surface area contributed by atoms with Crippen molar-refractivity contribution in [2.24, 2.45) is 0 Å². The summed E-state index contributed by atoms with van der Waals surface area (Å²) in [6.07, 6.45) is 6.35. The maximum Gasteiger partial charge on any atom is 0.0954 e. The van der Waals surface area contributed by atoms with Crippen molar-refractivity contribution in [2.75, 3.05) is 14.1 Å². The molecular weight excluding hydrogens is 244 g/mol. The van der Waals surface area contributed by atoms with Crippen LogP contribution < -0.4 is 0 Å². The number of rotatable bonds is 4. The van der Waals surface area contributed by atoms with E-state index in [4.69, 9.17) is 0 Å². The van der Waals surface area contributed by atoms with Crippen molar-refractivity contribution in [3.8, 4) is 0 Å². The second kappa shape index (κ2) is 5.68. The molecule has 1 saturated carbocycles. The minimum atomic E-state index is -0.307. The fourth-order valence-corrected chi connectivity index (χ4v) is 3.90. The van der Waals surface area contributed by atoms with E-state index in [0.717, 1.165) is 23.5 Å². The van der Waals surface area contributed by atoms with Gasteiger partial charge >= 0.3 is 0 Å². The quantitative estimate of drug-likeness (QED) is 0.912. The lowest BCUT2D eigenvalue weighted by atomic mass is 9.75. The lowest BCUT2D eigenvalue weighted by Crippen LogP contribution is -2.55. The van der Waals surface area contributed by atoms with Crippen LogP contribution in [0.5, 0.6) is 0 Å². The number of hydrogen-bond donors (Lipinski definition) is 1. The average Bonchev–Trinajstić information content (AvgIpc) is 2.75. The van der Waals surface area contributed by atoms with Gasteiger partial charge in [-0.05, 0) is 33.9 Å². The van der Waals surface area contributed by atoms with Gasteiger partial charge in [0.25, 0.3) is 0 Å². The monoisotopic (exact) mass is 268 g/mol. The zero-order valence-electron chi connectivity index (χ0n) is 11.6. The first-order valence-corrected chi connectivity index (χ1v) is 7.69. The summed E-state index contributed by atoms with van der Waals surface area (Å²) < 4.78 is 0. The summed E-state index contributed by atoms with van der Waals surface area (Å²) in [5, 5.41) is 13.8. The van der Waals surface area contributed by atoms with Crippen LogP contribution in [0.25, 0.3) is 0 Å². The van der Waals surface area contributed by atoms with Gasteiger partial charge in [0.05, 0.1) is 11.1 Å². The molecule has 2 rings (SSSR count). The summed E-state index contributed by atoms with van der Waals surface area (Å²) in [7, 11) is 4.20. The van der Waals surface area contributed by atoms with E-state index in [1.54, 1.807) is 11.3 Å². The van der Waals surface area contributed by atoms with Crippen molar-refractivity contribution < 1.29 is 5.11 Å². The van der Waals surface area contributed by atoms with Crippen molar-refractivity contribution in [3.05, 3.63) is 16.1 Å². The minimum Gasteiger partial charge on any atom is -0.391 e. The third kappa shape index (κ3) is 2.76. The number of thiazole rings is 1. The first kappa shape index (κ1) is 14.0. The Morgan fingerprint density at radius 3 is 2.56 bits per heavy atom. The van der Waals surface area contributed by atoms with Crippen LogP contribution in [0.2, 0.25) is 0 Å². The molecule has 4 heteroatoms. The van der Waals surface area contributed by atoms with Gasteiger partial charge in [0.1, 0.15) is 0 Å². The van der Waals surface area contributed by atoms with Gasteiger partial charge in [0.2, 0.25) is 0 Å². The van der Waals surface area contributed by atoms with Crippen LogP contribution >= 0.6 is 11.3 Å². The van der Waals surface area contributed by atoms with E-state index in [1.165, 1.54) is 19.3 Å². The van der Waals surface area contributed by atoms with Crippen LogP contribution in [-0.4, -0.2) is 40.7 Å². The Labute approximate surface area is 114 Å². The number of aryl methyl sites for hydroxylation is 1. The van der Waals surface area contributed by atoms with E-state index in [-0.39, 0.29) is 11.6 Å². The van der Waals surface area contributed by atoms with Crippen molar-refractivity contribution in [1.82, 2.24) is 9.88 Å². The second-order valence-electron chi connectivity index (χ2n) is 5.66.